The van der Waals surface area contributed by atoms with E-state index in [1.807, 2.05) is 9.80 Å². The number of nitrogens with zero attached hydrogens (tertiary/aromatic N) is 2. The zero-order valence-corrected chi connectivity index (χ0v) is 16.7. The summed E-state index contributed by atoms with van der Waals surface area (Å²) in [6.45, 7) is 7.20. The second kappa shape index (κ2) is 9.62. The van der Waals surface area contributed by atoms with Crippen LogP contribution in [0.2, 0.25) is 0 Å². The van der Waals surface area contributed by atoms with E-state index >= 15 is 0 Å². The molecule has 2 aliphatic rings. The van der Waals surface area contributed by atoms with Crippen molar-refractivity contribution in [3.63, 3.8) is 0 Å². The summed E-state index contributed by atoms with van der Waals surface area (Å²) in [7, 11) is 1.57. The second-order valence-corrected chi connectivity index (χ2v) is 7.50. The summed E-state index contributed by atoms with van der Waals surface area (Å²) in [4.78, 5) is 28.8. The smallest absolute Gasteiger partial charge is 0.253 e. The van der Waals surface area contributed by atoms with E-state index in [4.69, 9.17) is 9.47 Å². The minimum absolute atomic E-state index is 0.0149. The average Bonchev–Trinajstić information content (AvgIpc) is 2.74. The summed E-state index contributed by atoms with van der Waals surface area (Å²) < 4.78 is 10.9. The molecule has 0 bridgehead atoms. The lowest BCUT2D eigenvalue weighted by Crippen LogP contribution is -2.44. The van der Waals surface area contributed by atoms with Crippen molar-refractivity contribution in [1.82, 2.24) is 9.80 Å². The number of amides is 2. The largest absolute Gasteiger partial charge is 0.493 e. The fourth-order valence-corrected chi connectivity index (χ4v) is 3.94. The minimum atomic E-state index is 0.0149. The highest BCUT2D eigenvalue weighted by Gasteiger charge is 2.27. The first kappa shape index (κ1) is 20.2. The summed E-state index contributed by atoms with van der Waals surface area (Å²) in [5.74, 6) is 1.93. The molecule has 0 atom stereocenters. The zero-order chi connectivity index (χ0) is 19.9. The number of rotatable bonds is 7. The standard InChI is InChI=1S/C22H30N2O4/c1-3-14-28-19-8-7-18(15-20(19)27-2)22(26)23-12-9-17(10-13-23)16-24-11-5-4-6-21(24)25/h3,7-8,15,17H,1,4-6,9-14,16H2,2H3. The van der Waals surface area contributed by atoms with Crippen molar-refractivity contribution < 1.29 is 19.1 Å². The van der Waals surface area contributed by atoms with Gasteiger partial charge in [-0.3, -0.25) is 9.59 Å². The maximum atomic E-state index is 12.9. The number of benzene rings is 1. The maximum Gasteiger partial charge on any atom is 0.253 e. The van der Waals surface area contributed by atoms with Gasteiger partial charge in [0, 0.05) is 38.2 Å². The fraction of sp³-hybridized carbons (Fsp3) is 0.545. The van der Waals surface area contributed by atoms with Gasteiger partial charge in [0.1, 0.15) is 6.61 Å². The van der Waals surface area contributed by atoms with E-state index in [1.165, 1.54) is 0 Å². The first-order chi connectivity index (χ1) is 13.6. The lowest BCUT2D eigenvalue weighted by Gasteiger charge is -2.36. The maximum absolute atomic E-state index is 12.9. The molecule has 1 aromatic carbocycles. The number of carbonyl (C=O) groups excluding carboxylic acids is 2. The van der Waals surface area contributed by atoms with E-state index in [9.17, 15) is 9.59 Å². The van der Waals surface area contributed by atoms with Crippen molar-refractivity contribution in [1.29, 1.82) is 0 Å². The number of hydrogen-bond acceptors (Lipinski definition) is 4. The van der Waals surface area contributed by atoms with Gasteiger partial charge in [0.25, 0.3) is 5.91 Å². The first-order valence-electron chi connectivity index (χ1n) is 10.1. The lowest BCUT2D eigenvalue weighted by molar-refractivity contribution is -0.134. The Labute approximate surface area is 167 Å². The molecule has 0 N–H and O–H groups in total. The quantitative estimate of drug-likeness (QED) is 0.676. The molecule has 0 saturated carbocycles. The Morgan fingerprint density at radius 3 is 2.68 bits per heavy atom. The number of carbonyl (C=O) groups is 2. The molecule has 0 aromatic heterocycles. The van der Waals surface area contributed by atoms with Gasteiger partial charge >= 0.3 is 0 Å². The SMILES string of the molecule is C=CCOc1ccc(C(=O)N2CCC(CN3CCCCC3=O)CC2)cc1OC. The third-order valence-electron chi connectivity index (χ3n) is 5.57. The van der Waals surface area contributed by atoms with Crippen LogP contribution in [0.3, 0.4) is 0 Å². The Bertz CT molecular complexity index is 710. The van der Waals surface area contributed by atoms with Crippen LogP contribution in [-0.4, -0.2) is 61.5 Å². The fourth-order valence-electron chi connectivity index (χ4n) is 3.94. The van der Waals surface area contributed by atoms with E-state index in [2.05, 4.69) is 6.58 Å². The van der Waals surface area contributed by atoms with Crippen LogP contribution in [0, 0.1) is 5.92 Å². The average molecular weight is 386 g/mol. The van der Waals surface area contributed by atoms with Crippen LogP contribution in [0.25, 0.3) is 0 Å². The van der Waals surface area contributed by atoms with Crippen molar-refractivity contribution in [2.75, 3.05) is 39.9 Å². The number of piperidine rings is 2. The van der Waals surface area contributed by atoms with Gasteiger partial charge in [0.15, 0.2) is 11.5 Å². The molecule has 2 fully saturated rings. The highest BCUT2D eigenvalue weighted by Crippen LogP contribution is 2.29. The Balaban J connectivity index is 1.56. The molecule has 6 heteroatoms. The summed E-state index contributed by atoms with van der Waals surface area (Å²) >= 11 is 0. The van der Waals surface area contributed by atoms with Crippen molar-refractivity contribution in [2.45, 2.75) is 32.1 Å². The molecule has 0 aliphatic carbocycles. The third-order valence-corrected chi connectivity index (χ3v) is 5.57. The van der Waals surface area contributed by atoms with Crippen LogP contribution in [0.1, 0.15) is 42.5 Å². The summed E-state index contributed by atoms with van der Waals surface area (Å²) in [5, 5.41) is 0. The third kappa shape index (κ3) is 4.86. The number of likely N-dealkylation sites (tertiary alicyclic amines) is 2. The van der Waals surface area contributed by atoms with Gasteiger partial charge < -0.3 is 19.3 Å². The van der Waals surface area contributed by atoms with Gasteiger partial charge in [-0.1, -0.05) is 12.7 Å². The minimum Gasteiger partial charge on any atom is -0.493 e. The molecule has 1 aromatic rings. The van der Waals surface area contributed by atoms with Gasteiger partial charge in [-0.05, 0) is 49.8 Å². The normalized spacial score (nSPS) is 18.1. The molecule has 6 nitrogen and oxygen atoms in total. The van der Waals surface area contributed by atoms with E-state index in [-0.39, 0.29) is 11.8 Å². The molecular formula is C22H30N2O4. The molecule has 0 spiro atoms. The van der Waals surface area contributed by atoms with Gasteiger partial charge in [0.05, 0.1) is 7.11 Å². The predicted octanol–water partition coefficient (Wildman–Crippen LogP) is 3.12. The van der Waals surface area contributed by atoms with Crippen molar-refractivity contribution in [3.05, 3.63) is 36.4 Å². The van der Waals surface area contributed by atoms with Gasteiger partial charge in [-0.25, -0.2) is 0 Å². The van der Waals surface area contributed by atoms with Crippen LogP contribution in [0.4, 0.5) is 0 Å². The van der Waals surface area contributed by atoms with Crippen molar-refractivity contribution >= 4 is 11.8 Å². The summed E-state index contributed by atoms with van der Waals surface area (Å²) in [5.41, 5.74) is 0.604. The van der Waals surface area contributed by atoms with Crippen molar-refractivity contribution in [3.8, 4) is 11.5 Å². The Hall–Kier alpha value is -2.50. The Morgan fingerprint density at radius 1 is 1.21 bits per heavy atom. The summed E-state index contributed by atoms with van der Waals surface area (Å²) in [6.07, 6.45) is 6.35. The molecule has 3 rings (SSSR count). The van der Waals surface area contributed by atoms with E-state index in [1.54, 1.807) is 31.4 Å². The van der Waals surface area contributed by atoms with E-state index in [0.717, 1.165) is 51.9 Å². The molecule has 2 heterocycles. The molecule has 28 heavy (non-hydrogen) atoms. The van der Waals surface area contributed by atoms with Gasteiger partial charge in [0.2, 0.25) is 5.91 Å². The number of hydrogen-bond donors (Lipinski definition) is 0. The predicted molar refractivity (Wildman–Crippen MR) is 108 cm³/mol. The molecule has 2 aliphatic heterocycles. The van der Waals surface area contributed by atoms with Crippen LogP contribution in [0.15, 0.2) is 30.9 Å². The van der Waals surface area contributed by atoms with Crippen LogP contribution < -0.4 is 9.47 Å². The molecular weight excluding hydrogens is 356 g/mol. The highest BCUT2D eigenvalue weighted by atomic mass is 16.5. The molecule has 2 saturated heterocycles. The van der Waals surface area contributed by atoms with E-state index in [0.29, 0.717) is 36.0 Å². The molecule has 2 amide bonds. The summed E-state index contributed by atoms with van der Waals surface area (Å²) in [6, 6.07) is 5.28. The number of methoxy groups -OCH3 is 1. The van der Waals surface area contributed by atoms with Gasteiger partial charge in [-0.15, -0.1) is 0 Å². The zero-order valence-electron chi connectivity index (χ0n) is 16.7. The lowest BCUT2D eigenvalue weighted by atomic mass is 9.94. The monoisotopic (exact) mass is 386 g/mol. The molecule has 0 unspecified atom stereocenters. The highest BCUT2D eigenvalue weighted by molar-refractivity contribution is 5.95. The van der Waals surface area contributed by atoms with E-state index < -0.39 is 0 Å². The topological polar surface area (TPSA) is 59.1 Å². The second-order valence-electron chi connectivity index (χ2n) is 7.50. The first-order valence-corrected chi connectivity index (χ1v) is 10.1. The molecule has 0 radical (unpaired) electrons. The van der Waals surface area contributed by atoms with Crippen LogP contribution in [-0.2, 0) is 4.79 Å². The van der Waals surface area contributed by atoms with Gasteiger partial charge in [-0.2, -0.15) is 0 Å². The molecule has 152 valence electrons. The van der Waals surface area contributed by atoms with Crippen LogP contribution in [0.5, 0.6) is 11.5 Å². The van der Waals surface area contributed by atoms with Crippen molar-refractivity contribution in [2.24, 2.45) is 5.92 Å². The Morgan fingerprint density at radius 2 is 2.00 bits per heavy atom. The Kier molecular flexibility index (Phi) is 6.95. The van der Waals surface area contributed by atoms with Crippen LogP contribution >= 0.6 is 0 Å². The number of ether oxygens (including phenoxy) is 2.